The van der Waals surface area contributed by atoms with Crippen molar-refractivity contribution >= 4 is 15.9 Å². The number of benzene rings is 1. The predicted octanol–water partition coefficient (Wildman–Crippen LogP) is 3.05. The van der Waals surface area contributed by atoms with Crippen LogP contribution in [0.25, 0.3) is 11.3 Å². The SMILES string of the molecule is COc1ccc(Br)cc1-c1ccnc(CC(C)CN)n1. The lowest BCUT2D eigenvalue weighted by Gasteiger charge is -2.11. The Morgan fingerprint density at radius 3 is 2.85 bits per heavy atom. The van der Waals surface area contributed by atoms with Crippen molar-refractivity contribution in [2.45, 2.75) is 13.3 Å². The van der Waals surface area contributed by atoms with Crippen LogP contribution in [0.1, 0.15) is 12.7 Å². The molecule has 20 heavy (non-hydrogen) atoms. The molecule has 5 heteroatoms. The lowest BCUT2D eigenvalue weighted by Crippen LogP contribution is -2.14. The third-order valence-electron chi connectivity index (χ3n) is 3.08. The number of methoxy groups -OCH3 is 1. The van der Waals surface area contributed by atoms with Crippen LogP contribution in [0.3, 0.4) is 0 Å². The Hall–Kier alpha value is -1.46. The van der Waals surface area contributed by atoms with Crippen molar-refractivity contribution in [3.05, 3.63) is 40.8 Å². The maximum atomic E-state index is 5.65. The van der Waals surface area contributed by atoms with Crippen LogP contribution in [-0.4, -0.2) is 23.6 Å². The van der Waals surface area contributed by atoms with Gasteiger partial charge in [0.15, 0.2) is 0 Å². The Labute approximate surface area is 127 Å². The molecule has 0 saturated carbocycles. The summed E-state index contributed by atoms with van der Waals surface area (Å²) in [6, 6.07) is 7.75. The first-order valence-electron chi connectivity index (χ1n) is 6.50. The Kier molecular flexibility index (Phi) is 5.09. The lowest BCUT2D eigenvalue weighted by atomic mass is 10.1. The van der Waals surface area contributed by atoms with Crippen LogP contribution in [-0.2, 0) is 6.42 Å². The van der Waals surface area contributed by atoms with Crippen molar-refractivity contribution in [1.82, 2.24) is 9.97 Å². The van der Waals surface area contributed by atoms with Crippen molar-refractivity contribution in [1.29, 1.82) is 0 Å². The number of halogens is 1. The molecule has 0 aliphatic carbocycles. The minimum atomic E-state index is 0.370. The van der Waals surface area contributed by atoms with E-state index in [0.29, 0.717) is 12.5 Å². The maximum absolute atomic E-state index is 5.65. The molecule has 4 nitrogen and oxygen atoms in total. The van der Waals surface area contributed by atoms with Crippen LogP contribution in [0.2, 0.25) is 0 Å². The van der Waals surface area contributed by atoms with Gasteiger partial charge in [-0.3, -0.25) is 0 Å². The lowest BCUT2D eigenvalue weighted by molar-refractivity contribution is 0.416. The normalized spacial score (nSPS) is 12.2. The largest absolute Gasteiger partial charge is 0.496 e. The molecule has 2 aromatic rings. The molecule has 0 aliphatic rings. The smallest absolute Gasteiger partial charge is 0.129 e. The first kappa shape index (κ1) is 14.9. The fourth-order valence-electron chi connectivity index (χ4n) is 1.92. The van der Waals surface area contributed by atoms with Gasteiger partial charge in [0.05, 0.1) is 12.8 Å². The Bertz CT molecular complexity index is 589. The first-order chi connectivity index (χ1) is 9.63. The standard InChI is InChI=1S/C15H18BrN3O/c1-10(9-17)7-15-18-6-5-13(19-15)12-8-11(16)3-4-14(12)20-2/h3-6,8,10H,7,9,17H2,1-2H3. The van der Waals surface area contributed by atoms with Gasteiger partial charge >= 0.3 is 0 Å². The second-order valence-electron chi connectivity index (χ2n) is 4.75. The molecular weight excluding hydrogens is 318 g/mol. The minimum Gasteiger partial charge on any atom is -0.496 e. The van der Waals surface area contributed by atoms with E-state index in [-0.39, 0.29) is 0 Å². The summed E-state index contributed by atoms with van der Waals surface area (Å²) in [5.74, 6) is 1.97. The summed E-state index contributed by atoms with van der Waals surface area (Å²) in [7, 11) is 1.66. The highest BCUT2D eigenvalue weighted by Gasteiger charge is 2.10. The summed E-state index contributed by atoms with van der Waals surface area (Å²) in [6.07, 6.45) is 2.56. The van der Waals surface area contributed by atoms with Crippen molar-refractivity contribution in [3.8, 4) is 17.0 Å². The van der Waals surface area contributed by atoms with Crippen molar-refractivity contribution in [3.63, 3.8) is 0 Å². The molecule has 0 saturated heterocycles. The van der Waals surface area contributed by atoms with E-state index in [1.807, 2.05) is 24.3 Å². The number of aromatic nitrogens is 2. The van der Waals surface area contributed by atoms with Gasteiger partial charge in [0.1, 0.15) is 11.6 Å². The zero-order valence-corrected chi connectivity index (χ0v) is 13.2. The highest BCUT2D eigenvalue weighted by molar-refractivity contribution is 9.10. The average molecular weight is 336 g/mol. The van der Waals surface area contributed by atoms with Crippen molar-refractivity contribution in [2.75, 3.05) is 13.7 Å². The zero-order chi connectivity index (χ0) is 14.5. The van der Waals surface area contributed by atoms with Gasteiger partial charge < -0.3 is 10.5 Å². The molecule has 1 aromatic heterocycles. The van der Waals surface area contributed by atoms with E-state index in [4.69, 9.17) is 10.5 Å². The third kappa shape index (κ3) is 3.55. The number of ether oxygens (including phenoxy) is 1. The molecular formula is C15H18BrN3O. The van der Waals surface area contributed by atoms with E-state index in [0.717, 1.165) is 33.7 Å². The van der Waals surface area contributed by atoms with Crippen LogP contribution in [0.4, 0.5) is 0 Å². The number of hydrogen-bond donors (Lipinski definition) is 1. The summed E-state index contributed by atoms with van der Waals surface area (Å²) >= 11 is 3.48. The van der Waals surface area contributed by atoms with Crippen LogP contribution in [0.15, 0.2) is 34.9 Å². The molecule has 106 valence electrons. The van der Waals surface area contributed by atoms with Crippen LogP contribution in [0.5, 0.6) is 5.75 Å². The molecule has 0 bridgehead atoms. The summed E-state index contributed by atoms with van der Waals surface area (Å²) in [5, 5.41) is 0. The quantitative estimate of drug-likeness (QED) is 0.912. The summed E-state index contributed by atoms with van der Waals surface area (Å²) in [5.41, 5.74) is 7.46. The Morgan fingerprint density at radius 2 is 2.15 bits per heavy atom. The van der Waals surface area contributed by atoms with Gasteiger partial charge in [0, 0.05) is 22.7 Å². The highest BCUT2D eigenvalue weighted by atomic mass is 79.9. The summed E-state index contributed by atoms with van der Waals surface area (Å²) < 4.78 is 6.39. The van der Waals surface area contributed by atoms with Gasteiger partial charge in [-0.1, -0.05) is 22.9 Å². The fraction of sp³-hybridized carbons (Fsp3) is 0.333. The predicted molar refractivity (Wildman–Crippen MR) is 83.6 cm³/mol. The van der Waals surface area contributed by atoms with E-state index < -0.39 is 0 Å². The van der Waals surface area contributed by atoms with Gasteiger partial charge in [0.25, 0.3) is 0 Å². The molecule has 0 spiro atoms. The number of hydrogen-bond acceptors (Lipinski definition) is 4. The molecule has 1 heterocycles. The molecule has 1 aromatic carbocycles. The first-order valence-corrected chi connectivity index (χ1v) is 7.29. The highest BCUT2D eigenvalue weighted by Crippen LogP contribution is 2.31. The molecule has 0 aliphatic heterocycles. The minimum absolute atomic E-state index is 0.370. The molecule has 0 radical (unpaired) electrons. The van der Waals surface area contributed by atoms with Crippen LogP contribution in [0, 0.1) is 5.92 Å². The second-order valence-corrected chi connectivity index (χ2v) is 5.66. The van der Waals surface area contributed by atoms with Crippen LogP contribution < -0.4 is 10.5 Å². The van der Waals surface area contributed by atoms with E-state index in [1.165, 1.54) is 0 Å². The van der Waals surface area contributed by atoms with Gasteiger partial charge in [-0.05, 0) is 36.7 Å². The molecule has 1 unspecified atom stereocenters. The summed E-state index contributed by atoms with van der Waals surface area (Å²) in [4.78, 5) is 8.92. The number of nitrogens with two attached hydrogens (primary N) is 1. The zero-order valence-electron chi connectivity index (χ0n) is 11.6. The van der Waals surface area contributed by atoms with Gasteiger partial charge in [0.2, 0.25) is 0 Å². The number of nitrogens with zero attached hydrogens (tertiary/aromatic N) is 2. The van der Waals surface area contributed by atoms with Gasteiger partial charge in [-0.25, -0.2) is 9.97 Å². The third-order valence-corrected chi connectivity index (χ3v) is 3.57. The molecule has 0 fully saturated rings. The average Bonchev–Trinajstić information content (AvgIpc) is 2.47. The number of rotatable bonds is 5. The second kappa shape index (κ2) is 6.81. The van der Waals surface area contributed by atoms with E-state index in [2.05, 4.69) is 32.8 Å². The monoisotopic (exact) mass is 335 g/mol. The van der Waals surface area contributed by atoms with E-state index in [1.54, 1.807) is 13.3 Å². The molecule has 1 atom stereocenters. The van der Waals surface area contributed by atoms with E-state index in [9.17, 15) is 0 Å². The molecule has 0 amide bonds. The topological polar surface area (TPSA) is 61.0 Å². The summed E-state index contributed by atoms with van der Waals surface area (Å²) in [6.45, 7) is 2.73. The maximum Gasteiger partial charge on any atom is 0.129 e. The molecule has 2 rings (SSSR count). The Balaban J connectivity index is 2.38. The van der Waals surface area contributed by atoms with E-state index >= 15 is 0 Å². The van der Waals surface area contributed by atoms with Gasteiger partial charge in [-0.2, -0.15) is 0 Å². The van der Waals surface area contributed by atoms with Gasteiger partial charge in [-0.15, -0.1) is 0 Å². The van der Waals surface area contributed by atoms with Crippen molar-refractivity contribution in [2.24, 2.45) is 11.7 Å². The Morgan fingerprint density at radius 1 is 1.35 bits per heavy atom. The van der Waals surface area contributed by atoms with Crippen LogP contribution >= 0.6 is 15.9 Å². The van der Waals surface area contributed by atoms with Crippen molar-refractivity contribution < 1.29 is 4.74 Å². The fourth-order valence-corrected chi connectivity index (χ4v) is 2.28. The molecule has 2 N–H and O–H groups in total.